The first-order chi connectivity index (χ1) is 11.0. The molecule has 0 saturated carbocycles. The van der Waals surface area contributed by atoms with Gasteiger partial charge in [0.2, 0.25) is 0 Å². The lowest BCUT2D eigenvalue weighted by Crippen LogP contribution is -2.36. The van der Waals surface area contributed by atoms with Crippen LogP contribution in [0.3, 0.4) is 0 Å². The molecule has 1 aliphatic heterocycles. The van der Waals surface area contributed by atoms with Gasteiger partial charge in [0.05, 0.1) is 11.3 Å². The Balaban J connectivity index is 1.55. The van der Waals surface area contributed by atoms with Crippen molar-refractivity contribution in [1.29, 1.82) is 0 Å². The second-order valence-corrected chi connectivity index (χ2v) is 7.80. The quantitative estimate of drug-likeness (QED) is 0.863. The number of aryl methyl sites for hydroxylation is 2. The molecule has 0 radical (unpaired) electrons. The predicted molar refractivity (Wildman–Crippen MR) is 92.8 cm³/mol. The summed E-state index contributed by atoms with van der Waals surface area (Å²) in [4.78, 5) is 24.8. The van der Waals surface area contributed by atoms with Crippen molar-refractivity contribution in [2.45, 2.75) is 46.7 Å². The van der Waals surface area contributed by atoms with E-state index in [0.29, 0.717) is 5.92 Å². The largest absolute Gasteiger partial charge is 0.299 e. The number of rotatable bonds is 4. The second-order valence-electron chi connectivity index (χ2n) is 6.48. The number of nitrogens with zero attached hydrogens (tertiary/aromatic N) is 4. The van der Waals surface area contributed by atoms with Crippen molar-refractivity contribution in [2.75, 3.05) is 13.1 Å². The zero-order valence-corrected chi connectivity index (χ0v) is 14.9. The lowest BCUT2D eigenvalue weighted by Gasteiger charge is -2.31. The smallest absolute Gasteiger partial charge is 0.256 e. The van der Waals surface area contributed by atoms with Gasteiger partial charge in [-0.3, -0.25) is 14.3 Å². The van der Waals surface area contributed by atoms with Gasteiger partial charge in [0, 0.05) is 35.4 Å². The average molecular weight is 332 g/mol. The maximum atomic E-state index is 12.3. The topological polar surface area (TPSA) is 51.0 Å². The molecule has 0 aromatic carbocycles. The second kappa shape index (κ2) is 6.93. The Labute approximate surface area is 141 Å². The lowest BCUT2D eigenvalue weighted by atomic mass is 9.96. The highest BCUT2D eigenvalue weighted by atomic mass is 32.1. The molecule has 0 atom stereocenters. The third kappa shape index (κ3) is 3.87. The van der Waals surface area contributed by atoms with Gasteiger partial charge in [-0.25, -0.2) is 9.97 Å². The number of likely N-dealkylation sites (tertiary alicyclic amines) is 1. The normalized spacial score (nSPS) is 16.8. The Morgan fingerprint density at radius 1 is 1.22 bits per heavy atom. The summed E-state index contributed by atoms with van der Waals surface area (Å²) < 4.78 is 1.79. The van der Waals surface area contributed by atoms with E-state index in [1.165, 1.54) is 4.88 Å². The van der Waals surface area contributed by atoms with Crippen molar-refractivity contribution < 1.29 is 0 Å². The van der Waals surface area contributed by atoms with Crippen LogP contribution in [-0.4, -0.2) is 32.5 Å². The molecule has 6 heteroatoms. The Hall–Kier alpha value is -1.53. The Morgan fingerprint density at radius 3 is 2.61 bits per heavy atom. The molecule has 2 aromatic heterocycles. The molecule has 2 aromatic rings. The van der Waals surface area contributed by atoms with Gasteiger partial charge >= 0.3 is 0 Å². The molecule has 1 aliphatic rings. The SMILES string of the molecule is Cc1ncc(CN2CCC(Cn3cnc(C)c(C)c3=O)CC2)s1. The van der Waals surface area contributed by atoms with E-state index >= 15 is 0 Å². The number of aromatic nitrogens is 3. The van der Waals surface area contributed by atoms with Crippen LogP contribution in [0.5, 0.6) is 0 Å². The Morgan fingerprint density at radius 2 is 1.96 bits per heavy atom. The van der Waals surface area contributed by atoms with E-state index in [9.17, 15) is 4.79 Å². The lowest BCUT2D eigenvalue weighted by molar-refractivity contribution is 0.167. The van der Waals surface area contributed by atoms with Crippen LogP contribution in [0.1, 0.15) is 34.0 Å². The van der Waals surface area contributed by atoms with Crippen LogP contribution in [0.4, 0.5) is 0 Å². The van der Waals surface area contributed by atoms with Crippen LogP contribution >= 0.6 is 11.3 Å². The molecule has 0 amide bonds. The van der Waals surface area contributed by atoms with Crippen LogP contribution in [-0.2, 0) is 13.1 Å². The first-order valence-corrected chi connectivity index (χ1v) is 9.01. The van der Waals surface area contributed by atoms with Gasteiger partial charge in [-0.2, -0.15) is 0 Å². The molecule has 3 rings (SSSR count). The van der Waals surface area contributed by atoms with Crippen molar-refractivity contribution in [3.05, 3.63) is 44.0 Å². The van der Waals surface area contributed by atoms with Crippen molar-refractivity contribution in [3.63, 3.8) is 0 Å². The summed E-state index contributed by atoms with van der Waals surface area (Å²) in [7, 11) is 0. The molecule has 124 valence electrons. The fourth-order valence-electron chi connectivity index (χ4n) is 3.11. The molecule has 1 fully saturated rings. The van der Waals surface area contributed by atoms with Crippen molar-refractivity contribution in [2.24, 2.45) is 5.92 Å². The Kier molecular flexibility index (Phi) is 4.92. The molecule has 5 nitrogen and oxygen atoms in total. The van der Waals surface area contributed by atoms with Gasteiger partial charge in [-0.15, -0.1) is 11.3 Å². The van der Waals surface area contributed by atoms with Crippen LogP contribution in [0, 0.1) is 26.7 Å². The molecule has 0 N–H and O–H groups in total. The summed E-state index contributed by atoms with van der Waals surface area (Å²) in [5.74, 6) is 0.566. The van der Waals surface area contributed by atoms with Crippen molar-refractivity contribution in [1.82, 2.24) is 19.4 Å². The molecule has 0 spiro atoms. The van der Waals surface area contributed by atoms with Gasteiger partial charge < -0.3 is 0 Å². The fourth-order valence-corrected chi connectivity index (χ4v) is 3.95. The fraction of sp³-hybridized carbons (Fsp3) is 0.588. The summed E-state index contributed by atoms with van der Waals surface area (Å²) in [6, 6.07) is 0. The highest BCUT2D eigenvalue weighted by molar-refractivity contribution is 7.11. The zero-order chi connectivity index (χ0) is 16.4. The standard InChI is InChI=1S/C17H24N4OS/c1-12-13(2)19-11-21(17(12)22)9-15-4-6-20(7-5-15)10-16-8-18-14(3)23-16/h8,11,15H,4-7,9-10H2,1-3H3. The average Bonchev–Trinajstić information content (AvgIpc) is 2.95. The van der Waals surface area contributed by atoms with E-state index in [4.69, 9.17) is 0 Å². The van der Waals surface area contributed by atoms with E-state index in [2.05, 4.69) is 21.8 Å². The predicted octanol–water partition coefficient (Wildman–Crippen LogP) is 2.54. The molecule has 0 bridgehead atoms. The number of piperidine rings is 1. The van der Waals surface area contributed by atoms with Crippen molar-refractivity contribution >= 4 is 11.3 Å². The minimum absolute atomic E-state index is 0.111. The maximum absolute atomic E-state index is 12.3. The number of hydrogen-bond donors (Lipinski definition) is 0. The van der Waals surface area contributed by atoms with E-state index in [1.807, 2.05) is 20.0 Å². The number of hydrogen-bond acceptors (Lipinski definition) is 5. The molecule has 0 aliphatic carbocycles. The van der Waals surface area contributed by atoms with E-state index in [0.717, 1.165) is 55.3 Å². The minimum Gasteiger partial charge on any atom is -0.299 e. The summed E-state index contributed by atoms with van der Waals surface area (Å²) in [6.07, 6.45) is 5.97. The molecular formula is C17H24N4OS. The third-order valence-electron chi connectivity index (χ3n) is 4.73. The zero-order valence-electron chi connectivity index (χ0n) is 14.1. The van der Waals surface area contributed by atoms with Crippen LogP contribution < -0.4 is 5.56 Å². The number of thiazole rings is 1. The first kappa shape index (κ1) is 16.3. The van der Waals surface area contributed by atoms with Crippen molar-refractivity contribution in [3.8, 4) is 0 Å². The minimum atomic E-state index is 0.111. The highest BCUT2D eigenvalue weighted by Crippen LogP contribution is 2.22. The first-order valence-electron chi connectivity index (χ1n) is 8.19. The summed E-state index contributed by atoms with van der Waals surface area (Å²) in [5.41, 5.74) is 1.71. The molecule has 0 unspecified atom stereocenters. The van der Waals surface area contributed by atoms with Gasteiger partial charge in [-0.05, 0) is 52.6 Å². The monoisotopic (exact) mass is 332 g/mol. The summed E-state index contributed by atoms with van der Waals surface area (Å²) in [5, 5.41) is 1.14. The highest BCUT2D eigenvalue weighted by Gasteiger charge is 2.20. The van der Waals surface area contributed by atoms with E-state index in [1.54, 1.807) is 22.2 Å². The van der Waals surface area contributed by atoms with Gasteiger partial charge in [0.1, 0.15) is 0 Å². The molecular weight excluding hydrogens is 308 g/mol. The van der Waals surface area contributed by atoms with Gasteiger partial charge in [0.25, 0.3) is 5.56 Å². The van der Waals surface area contributed by atoms with Crippen LogP contribution in [0.25, 0.3) is 0 Å². The third-order valence-corrected chi connectivity index (χ3v) is 5.62. The molecule has 23 heavy (non-hydrogen) atoms. The van der Waals surface area contributed by atoms with E-state index < -0.39 is 0 Å². The maximum Gasteiger partial charge on any atom is 0.256 e. The van der Waals surface area contributed by atoms with Gasteiger partial charge in [0.15, 0.2) is 0 Å². The van der Waals surface area contributed by atoms with E-state index in [-0.39, 0.29) is 5.56 Å². The molecule has 3 heterocycles. The van der Waals surface area contributed by atoms with Gasteiger partial charge in [-0.1, -0.05) is 0 Å². The van der Waals surface area contributed by atoms with Crippen LogP contribution in [0.15, 0.2) is 17.3 Å². The summed E-state index contributed by atoms with van der Waals surface area (Å²) in [6.45, 7) is 9.78. The summed E-state index contributed by atoms with van der Waals surface area (Å²) >= 11 is 1.78. The molecule has 1 saturated heterocycles. The Bertz CT molecular complexity index is 728. The van der Waals surface area contributed by atoms with Crippen LogP contribution in [0.2, 0.25) is 0 Å².